The molecule has 1 atom stereocenters. The summed E-state index contributed by atoms with van der Waals surface area (Å²) < 4.78 is 0. The van der Waals surface area contributed by atoms with Gasteiger partial charge in [-0.3, -0.25) is 10.1 Å². The summed E-state index contributed by atoms with van der Waals surface area (Å²) in [6.07, 6.45) is 3.32. The number of nitro benzene ring substituents is 1. The number of hydrogen-bond donors (Lipinski definition) is 2. The van der Waals surface area contributed by atoms with E-state index in [0.29, 0.717) is 23.3 Å². The summed E-state index contributed by atoms with van der Waals surface area (Å²) in [5.74, 6) is 0. The van der Waals surface area contributed by atoms with Gasteiger partial charge in [0, 0.05) is 18.7 Å². The molecule has 2 rings (SSSR count). The Hall–Kier alpha value is -1.33. The molecule has 0 unspecified atom stereocenters. The van der Waals surface area contributed by atoms with Gasteiger partial charge in [0.2, 0.25) is 0 Å². The largest absolute Gasteiger partial charge is 0.378 e. The van der Waals surface area contributed by atoms with E-state index in [0.717, 1.165) is 13.0 Å². The summed E-state index contributed by atoms with van der Waals surface area (Å²) in [6.45, 7) is 1.75. The Morgan fingerprint density at radius 3 is 3.06 bits per heavy atom. The molecule has 1 heterocycles. The van der Waals surface area contributed by atoms with Crippen LogP contribution in [0.5, 0.6) is 0 Å². The zero-order chi connectivity index (χ0) is 13.0. The molecule has 0 radical (unpaired) electrons. The van der Waals surface area contributed by atoms with Gasteiger partial charge in [-0.2, -0.15) is 0 Å². The lowest BCUT2D eigenvalue weighted by Gasteiger charge is -2.12. The van der Waals surface area contributed by atoms with Crippen LogP contribution in [0.2, 0.25) is 5.02 Å². The molecule has 1 saturated heterocycles. The van der Waals surface area contributed by atoms with Gasteiger partial charge in [0.05, 0.1) is 9.95 Å². The van der Waals surface area contributed by atoms with Crippen molar-refractivity contribution >= 4 is 23.0 Å². The van der Waals surface area contributed by atoms with Gasteiger partial charge in [0.25, 0.3) is 5.69 Å². The first-order chi connectivity index (χ1) is 8.68. The Kier molecular flexibility index (Phi) is 4.38. The molecule has 0 saturated carbocycles. The summed E-state index contributed by atoms with van der Waals surface area (Å²) in [6, 6.07) is 5.22. The number of hydrogen-bond acceptors (Lipinski definition) is 4. The van der Waals surface area contributed by atoms with Crippen molar-refractivity contribution in [3.8, 4) is 0 Å². The molecule has 1 aromatic rings. The summed E-state index contributed by atoms with van der Waals surface area (Å²) in [5, 5.41) is 17.7. The number of benzene rings is 1. The lowest BCUT2D eigenvalue weighted by atomic mass is 10.1. The minimum atomic E-state index is -0.415. The fraction of sp³-hybridized carbons (Fsp3) is 0.500. The van der Waals surface area contributed by atoms with E-state index in [1.807, 2.05) is 0 Å². The van der Waals surface area contributed by atoms with Crippen LogP contribution in [0.15, 0.2) is 18.2 Å². The first-order valence-electron chi connectivity index (χ1n) is 6.08. The molecule has 1 fully saturated rings. The van der Waals surface area contributed by atoms with Gasteiger partial charge in [-0.15, -0.1) is 0 Å². The highest BCUT2D eigenvalue weighted by atomic mass is 35.5. The average Bonchev–Trinajstić information content (AvgIpc) is 2.84. The van der Waals surface area contributed by atoms with Crippen LogP contribution in [0.1, 0.15) is 19.3 Å². The minimum Gasteiger partial charge on any atom is -0.378 e. The third-order valence-electron chi connectivity index (χ3n) is 3.15. The molecule has 98 valence electrons. The summed E-state index contributed by atoms with van der Waals surface area (Å²) in [5.41, 5.74) is 0.448. The molecule has 0 aromatic heterocycles. The average molecular weight is 270 g/mol. The summed E-state index contributed by atoms with van der Waals surface area (Å²) >= 11 is 5.99. The molecule has 1 aliphatic rings. The van der Waals surface area contributed by atoms with Crippen molar-refractivity contribution in [1.29, 1.82) is 0 Å². The van der Waals surface area contributed by atoms with Crippen molar-refractivity contribution in [2.24, 2.45) is 0 Å². The number of nitro groups is 1. The quantitative estimate of drug-likeness (QED) is 0.637. The summed E-state index contributed by atoms with van der Waals surface area (Å²) in [4.78, 5) is 10.5. The van der Waals surface area contributed by atoms with Gasteiger partial charge >= 0.3 is 0 Å². The van der Waals surface area contributed by atoms with Gasteiger partial charge in [-0.1, -0.05) is 17.7 Å². The van der Waals surface area contributed by atoms with E-state index in [2.05, 4.69) is 10.6 Å². The van der Waals surface area contributed by atoms with Gasteiger partial charge in [-0.05, 0) is 31.9 Å². The second-order valence-corrected chi connectivity index (χ2v) is 4.81. The molecule has 0 spiro atoms. The van der Waals surface area contributed by atoms with E-state index in [1.165, 1.54) is 18.9 Å². The smallest absolute Gasteiger partial charge is 0.293 e. The molecule has 1 aromatic carbocycles. The topological polar surface area (TPSA) is 67.2 Å². The van der Waals surface area contributed by atoms with Crippen LogP contribution in [-0.2, 0) is 0 Å². The van der Waals surface area contributed by atoms with E-state index in [-0.39, 0.29) is 5.69 Å². The van der Waals surface area contributed by atoms with E-state index >= 15 is 0 Å². The summed E-state index contributed by atoms with van der Waals surface area (Å²) in [7, 11) is 0. The van der Waals surface area contributed by atoms with Crippen molar-refractivity contribution < 1.29 is 4.92 Å². The molecular weight excluding hydrogens is 254 g/mol. The highest BCUT2D eigenvalue weighted by Crippen LogP contribution is 2.31. The maximum atomic E-state index is 10.9. The van der Waals surface area contributed by atoms with Crippen LogP contribution in [0, 0.1) is 10.1 Å². The zero-order valence-corrected chi connectivity index (χ0v) is 10.7. The van der Waals surface area contributed by atoms with Crippen LogP contribution in [0.4, 0.5) is 11.4 Å². The predicted octanol–water partition coefficient (Wildman–Crippen LogP) is 2.80. The zero-order valence-electron chi connectivity index (χ0n) is 9.99. The van der Waals surface area contributed by atoms with E-state index in [1.54, 1.807) is 12.1 Å². The Balaban J connectivity index is 1.97. The second kappa shape index (κ2) is 6.02. The van der Waals surface area contributed by atoms with Crippen molar-refractivity contribution in [1.82, 2.24) is 5.32 Å². The lowest BCUT2D eigenvalue weighted by Crippen LogP contribution is -2.24. The molecule has 18 heavy (non-hydrogen) atoms. The second-order valence-electron chi connectivity index (χ2n) is 4.40. The highest BCUT2D eigenvalue weighted by Gasteiger charge is 2.17. The van der Waals surface area contributed by atoms with Crippen LogP contribution in [-0.4, -0.2) is 24.1 Å². The SMILES string of the molecule is O=[N+]([O-])c1cccc(Cl)c1NCC[C@H]1CCCN1. The highest BCUT2D eigenvalue weighted by molar-refractivity contribution is 6.33. The lowest BCUT2D eigenvalue weighted by molar-refractivity contribution is -0.383. The molecule has 5 nitrogen and oxygen atoms in total. The minimum absolute atomic E-state index is 0.0295. The van der Waals surface area contributed by atoms with Crippen molar-refractivity contribution in [2.45, 2.75) is 25.3 Å². The van der Waals surface area contributed by atoms with E-state index in [4.69, 9.17) is 11.6 Å². The number of para-hydroxylation sites is 1. The molecular formula is C12H16ClN3O2. The monoisotopic (exact) mass is 269 g/mol. The van der Waals surface area contributed by atoms with Gasteiger partial charge in [-0.25, -0.2) is 0 Å². The Morgan fingerprint density at radius 1 is 1.56 bits per heavy atom. The number of anilines is 1. The first kappa shape index (κ1) is 13.1. The molecule has 0 bridgehead atoms. The molecule has 0 aliphatic carbocycles. The van der Waals surface area contributed by atoms with Gasteiger partial charge in [0.15, 0.2) is 0 Å². The third-order valence-corrected chi connectivity index (χ3v) is 3.46. The van der Waals surface area contributed by atoms with Crippen molar-refractivity contribution in [2.75, 3.05) is 18.4 Å². The number of halogens is 1. The maximum absolute atomic E-state index is 10.9. The number of nitrogens with one attached hydrogen (secondary N) is 2. The first-order valence-corrected chi connectivity index (χ1v) is 6.46. The normalized spacial score (nSPS) is 18.8. The third kappa shape index (κ3) is 3.11. The molecule has 6 heteroatoms. The van der Waals surface area contributed by atoms with Gasteiger partial charge < -0.3 is 10.6 Å². The Labute approximate surface area is 111 Å². The van der Waals surface area contributed by atoms with Crippen LogP contribution < -0.4 is 10.6 Å². The predicted molar refractivity (Wildman–Crippen MR) is 72.2 cm³/mol. The fourth-order valence-electron chi connectivity index (χ4n) is 2.21. The Morgan fingerprint density at radius 2 is 2.39 bits per heavy atom. The maximum Gasteiger partial charge on any atom is 0.293 e. The van der Waals surface area contributed by atoms with Gasteiger partial charge in [0.1, 0.15) is 5.69 Å². The number of rotatable bonds is 5. The van der Waals surface area contributed by atoms with Crippen molar-refractivity contribution in [3.63, 3.8) is 0 Å². The fourth-order valence-corrected chi connectivity index (χ4v) is 2.45. The molecule has 2 N–H and O–H groups in total. The van der Waals surface area contributed by atoms with Crippen molar-refractivity contribution in [3.05, 3.63) is 33.3 Å². The van der Waals surface area contributed by atoms with E-state index in [9.17, 15) is 10.1 Å². The van der Waals surface area contributed by atoms with E-state index < -0.39 is 4.92 Å². The van der Waals surface area contributed by atoms with Crippen LogP contribution in [0.25, 0.3) is 0 Å². The molecule has 1 aliphatic heterocycles. The molecule has 0 amide bonds. The standard InChI is InChI=1S/C12H16ClN3O2/c13-10-4-1-5-11(16(17)18)12(10)15-8-6-9-3-2-7-14-9/h1,4-5,9,14-15H,2-3,6-8H2/t9-/m1/s1. The Bertz CT molecular complexity index is 433. The van der Waals surface area contributed by atoms with Crippen LogP contribution >= 0.6 is 11.6 Å². The number of nitrogens with zero attached hydrogens (tertiary/aromatic N) is 1. The van der Waals surface area contributed by atoms with Crippen LogP contribution in [0.3, 0.4) is 0 Å².